The molecular weight excluding hydrogens is 220 g/mol. The van der Waals surface area contributed by atoms with E-state index in [1.807, 2.05) is 17.4 Å². The van der Waals surface area contributed by atoms with Crippen molar-refractivity contribution in [1.82, 2.24) is 10.3 Å². The van der Waals surface area contributed by atoms with Crippen molar-refractivity contribution in [2.75, 3.05) is 6.54 Å². The molecule has 1 aliphatic rings. The van der Waals surface area contributed by atoms with E-state index in [1.165, 1.54) is 15.4 Å². The Hall–Kier alpha value is -1.13. The molecule has 4 heteroatoms. The van der Waals surface area contributed by atoms with Gasteiger partial charge in [-0.05, 0) is 19.0 Å². The van der Waals surface area contributed by atoms with E-state index in [-0.39, 0.29) is 0 Å². The van der Waals surface area contributed by atoms with E-state index >= 15 is 0 Å². The molecule has 0 aromatic carbocycles. The molecule has 0 spiro atoms. The summed E-state index contributed by atoms with van der Waals surface area (Å²) in [5, 5.41) is 4.50. The summed E-state index contributed by atoms with van der Waals surface area (Å²) in [5.41, 5.74) is 2.34. The molecule has 0 saturated heterocycles. The minimum absolute atomic E-state index is 0.876. The predicted octanol–water partition coefficient (Wildman–Crippen LogP) is 2.61. The van der Waals surface area contributed by atoms with Crippen molar-refractivity contribution in [2.45, 2.75) is 26.3 Å². The Morgan fingerprint density at radius 2 is 2.44 bits per heavy atom. The number of fused-ring (bicyclic) bond motifs is 3. The van der Waals surface area contributed by atoms with Gasteiger partial charge in [0.05, 0.1) is 12.0 Å². The van der Waals surface area contributed by atoms with Crippen LogP contribution in [-0.2, 0) is 19.4 Å². The number of furan rings is 1. The fourth-order valence-corrected chi connectivity index (χ4v) is 3.11. The molecular formula is C12H14N2OS. The summed E-state index contributed by atoms with van der Waals surface area (Å²) < 4.78 is 5.45. The van der Waals surface area contributed by atoms with Gasteiger partial charge in [-0.2, -0.15) is 0 Å². The fourth-order valence-electron chi connectivity index (χ4n) is 2.06. The van der Waals surface area contributed by atoms with Gasteiger partial charge in [-0.1, -0.05) is 6.92 Å². The van der Waals surface area contributed by atoms with Crippen LogP contribution in [0.1, 0.15) is 22.6 Å². The van der Waals surface area contributed by atoms with Crippen molar-refractivity contribution in [2.24, 2.45) is 0 Å². The lowest BCUT2D eigenvalue weighted by Crippen LogP contribution is -2.11. The van der Waals surface area contributed by atoms with Crippen LogP contribution in [0.25, 0.3) is 11.3 Å². The first-order chi connectivity index (χ1) is 7.88. The summed E-state index contributed by atoms with van der Waals surface area (Å²) in [6, 6.07) is 2.03. The highest BCUT2D eigenvalue weighted by Crippen LogP contribution is 2.36. The van der Waals surface area contributed by atoms with Gasteiger partial charge < -0.3 is 9.73 Å². The van der Waals surface area contributed by atoms with E-state index < -0.39 is 0 Å². The summed E-state index contributed by atoms with van der Waals surface area (Å²) in [6.07, 6.45) is 3.85. The monoisotopic (exact) mass is 234 g/mol. The molecule has 3 rings (SSSR count). The van der Waals surface area contributed by atoms with Crippen molar-refractivity contribution in [3.63, 3.8) is 0 Å². The third-order valence-corrected chi connectivity index (χ3v) is 3.96. The van der Waals surface area contributed by atoms with Crippen molar-refractivity contribution in [1.29, 1.82) is 0 Å². The molecule has 0 radical (unpaired) electrons. The first kappa shape index (κ1) is 10.1. The Bertz CT molecular complexity index is 501. The highest BCUT2D eigenvalue weighted by atomic mass is 32.1. The maximum Gasteiger partial charge on any atom is 0.113 e. The smallest absolute Gasteiger partial charge is 0.113 e. The van der Waals surface area contributed by atoms with Crippen LogP contribution in [0.2, 0.25) is 0 Å². The third-order valence-electron chi connectivity index (χ3n) is 2.85. The molecule has 1 aliphatic carbocycles. The van der Waals surface area contributed by atoms with Crippen LogP contribution >= 0.6 is 11.3 Å². The van der Waals surface area contributed by atoms with Crippen molar-refractivity contribution >= 4 is 11.3 Å². The molecule has 0 amide bonds. The van der Waals surface area contributed by atoms with Crippen molar-refractivity contribution < 1.29 is 4.42 Å². The van der Waals surface area contributed by atoms with Gasteiger partial charge in [-0.15, -0.1) is 11.3 Å². The van der Waals surface area contributed by atoms with Crippen LogP contribution in [0.15, 0.2) is 16.7 Å². The topological polar surface area (TPSA) is 38.1 Å². The second kappa shape index (κ2) is 4.03. The molecule has 16 heavy (non-hydrogen) atoms. The molecule has 2 heterocycles. The Labute approximate surface area is 98.5 Å². The summed E-state index contributed by atoms with van der Waals surface area (Å²) >= 11 is 1.83. The summed E-state index contributed by atoms with van der Waals surface area (Å²) in [4.78, 5) is 6.10. The quantitative estimate of drug-likeness (QED) is 0.887. The van der Waals surface area contributed by atoms with Crippen LogP contribution in [0.5, 0.6) is 0 Å². The molecule has 0 fully saturated rings. The van der Waals surface area contributed by atoms with Gasteiger partial charge in [0.15, 0.2) is 0 Å². The maximum atomic E-state index is 5.45. The lowest BCUT2D eigenvalue weighted by Gasteiger charge is -2.07. The number of nitrogens with one attached hydrogen (secondary N) is 1. The van der Waals surface area contributed by atoms with E-state index in [9.17, 15) is 0 Å². The van der Waals surface area contributed by atoms with Gasteiger partial charge in [0.2, 0.25) is 0 Å². The number of aromatic nitrogens is 1. The van der Waals surface area contributed by atoms with Gasteiger partial charge in [0.1, 0.15) is 10.8 Å². The zero-order valence-corrected chi connectivity index (χ0v) is 10.1. The second-order valence-corrected chi connectivity index (χ2v) is 5.09. The average Bonchev–Trinajstić information content (AvgIpc) is 2.90. The molecule has 2 aromatic rings. The predicted molar refractivity (Wildman–Crippen MR) is 64.6 cm³/mol. The van der Waals surface area contributed by atoms with E-state index in [0.29, 0.717) is 0 Å². The summed E-state index contributed by atoms with van der Waals surface area (Å²) in [6.45, 7) is 3.98. The molecule has 0 saturated carbocycles. The normalized spacial score (nSPS) is 13.6. The maximum absolute atomic E-state index is 5.45. The number of hydrogen-bond acceptors (Lipinski definition) is 4. The minimum Gasteiger partial charge on any atom is -0.469 e. The third kappa shape index (κ3) is 1.58. The first-order valence-electron chi connectivity index (χ1n) is 5.64. The van der Waals surface area contributed by atoms with Gasteiger partial charge in [0, 0.05) is 23.4 Å². The van der Waals surface area contributed by atoms with E-state index in [4.69, 9.17) is 9.40 Å². The molecule has 0 aliphatic heterocycles. The van der Waals surface area contributed by atoms with Gasteiger partial charge in [-0.25, -0.2) is 4.98 Å². The number of thiazole rings is 1. The standard InChI is InChI=1S/C12H14N2OS/c1-2-13-7-11-14-12-8-5-6-15-9(8)3-4-10(12)16-11/h5-6,13H,2-4,7H2,1H3. The van der Waals surface area contributed by atoms with E-state index in [2.05, 4.69) is 12.2 Å². The SMILES string of the molecule is CCNCc1nc2c(s1)CCc1occc1-2. The van der Waals surface area contributed by atoms with Crippen LogP contribution in [-0.4, -0.2) is 11.5 Å². The summed E-state index contributed by atoms with van der Waals surface area (Å²) in [5.74, 6) is 1.09. The van der Waals surface area contributed by atoms with Crippen LogP contribution < -0.4 is 5.32 Å². The zero-order valence-electron chi connectivity index (χ0n) is 9.25. The molecule has 0 unspecified atom stereocenters. The Morgan fingerprint density at radius 1 is 1.50 bits per heavy atom. The summed E-state index contributed by atoms with van der Waals surface area (Å²) in [7, 11) is 0. The zero-order chi connectivity index (χ0) is 11.0. The lowest BCUT2D eigenvalue weighted by molar-refractivity contribution is 0.508. The number of nitrogens with zero attached hydrogens (tertiary/aromatic N) is 1. The molecule has 84 valence electrons. The van der Waals surface area contributed by atoms with Gasteiger partial charge >= 0.3 is 0 Å². The molecule has 0 atom stereocenters. The van der Waals surface area contributed by atoms with Crippen LogP contribution in [0, 0.1) is 0 Å². The van der Waals surface area contributed by atoms with Gasteiger partial charge in [0.25, 0.3) is 0 Å². The minimum atomic E-state index is 0.876. The fraction of sp³-hybridized carbons (Fsp3) is 0.417. The molecule has 2 aromatic heterocycles. The lowest BCUT2D eigenvalue weighted by atomic mass is 10.0. The highest BCUT2D eigenvalue weighted by molar-refractivity contribution is 7.12. The Morgan fingerprint density at radius 3 is 3.31 bits per heavy atom. The van der Waals surface area contributed by atoms with E-state index in [0.717, 1.165) is 37.4 Å². The van der Waals surface area contributed by atoms with E-state index in [1.54, 1.807) is 6.26 Å². The number of aryl methyl sites for hydroxylation is 2. The van der Waals surface area contributed by atoms with Gasteiger partial charge in [-0.3, -0.25) is 0 Å². The van der Waals surface area contributed by atoms with Crippen LogP contribution in [0.3, 0.4) is 0 Å². The number of hydrogen-bond donors (Lipinski definition) is 1. The second-order valence-electron chi connectivity index (χ2n) is 3.92. The molecule has 0 bridgehead atoms. The Kier molecular flexibility index (Phi) is 2.53. The highest BCUT2D eigenvalue weighted by Gasteiger charge is 2.22. The first-order valence-corrected chi connectivity index (χ1v) is 6.46. The molecule has 3 nitrogen and oxygen atoms in total. The van der Waals surface area contributed by atoms with Crippen LogP contribution in [0.4, 0.5) is 0 Å². The Balaban J connectivity index is 1.96. The average molecular weight is 234 g/mol. The number of rotatable bonds is 3. The van der Waals surface area contributed by atoms with Crippen molar-refractivity contribution in [3.05, 3.63) is 28.0 Å². The molecule has 1 N–H and O–H groups in total. The largest absolute Gasteiger partial charge is 0.469 e. The van der Waals surface area contributed by atoms with Crippen molar-refractivity contribution in [3.8, 4) is 11.3 Å².